The van der Waals surface area contributed by atoms with Crippen LogP contribution in [0.25, 0.3) is 0 Å². The van der Waals surface area contributed by atoms with Crippen LogP contribution in [0.1, 0.15) is 25.0 Å². The smallest absolute Gasteiger partial charge is 0.236 e. The highest BCUT2D eigenvalue weighted by Gasteiger charge is 2.15. The molecule has 1 aliphatic rings. The average Bonchev–Trinajstić information content (AvgIpc) is 2.83. The number of hydrogen-bond acceptors (Lipinski definition) is 5. The van der Waals surface area contributed by atoms with Gasteiger partial charge in [-0.15, -0.1) is 5.10 Å². The molecule has 88 valence electrons. The van der Waals surface area contributed by atoms with Crippen LogP contribution in [0.5, 0.6) is 0 Å². The van der Waals surface area contributed by atoms with E-state index in [0.717, 1.165) is 31.6 Å². The lowest BCUT2D eigenvalue weighted by atomic mass is 10.1. The zero-order valence-corrected chi connectivity index (χ0v) is 10.0. The fraction of sp³-hybridized carbons (Fsp3) is 0.700. The summed E-state index contributed by atoms with van der Waals surface area (Å²) in [6.45, 7) is 2.85. The molecule has 0 saturated carbocycles. The van der Waals surface area contributed by atoms with Crippen molar-refractivity contribution < 1.29 is 4.79 Å². The maximum atomic E-state index is 11.8. The lowest BCUT2D eigenvalue weighted by molar-refractivity contribution is -0.131. The number of piperidine rings is 1. The molecule has 1 aromatic heterocycles. The molecule has 5 nitrogen and oxygen atoms in total. The standard InChI is InChI=1S/C10H16N4OS/c15-10(14-4-2-1-3-5-14)7-11-6-9-8-16-13-12-9/h8,11H,1-7H2. The topological polar surface area (TPSA) is 58.1 Å². The minimum atomic E-state index is 0.197. The van der Waals surface area contributed by atoms with E-state index in [1.54, 1.807) is 0 Å². The monoisotopic (exact) mass is 240 g/mol. The average molecular weight is 240 g/mol. The maximum Gasteiger partial charge on any atom is 0.236 e. The van der Waals surface area contributed by atoms with E-state index < -0.39 is 0 Å². The second-order valence-electron chi connectivity index (χ2n) is 3.94. The summed E-state index contributed by atoms with van der Waals surface area (Å²) in [5, 5.41) is 8.89. The largest absolute Gasteiger partial charge is 0.342 e. The molecular weight excluding hydrogens is 224 g/mol. The van der Waals surface area contributed by atoms with Crippen LogP contribution in [0, 0.1) is 0 Å². The normalized spacial score (nSPS) is 16.4. The summed E-state index contributed by atoms with van der Waals surface area (Å²) in [5.41, 5.74) is 0.899. The predicted octanol–water partition coefficient (Wildman–Crippen LogP) is 0.640. The van der Waals surface area contributed by atoms with Crippen molar-refractivity contribution >= 4 is 17.4 Å². The van der Waals surface area contributed by atoms with Gasteiger partial charge in [-0.05, 0) is 30.8 Å². The molecule has 0 spiro atoms. The van der Waals surface area contributed by atoms with Gasteiger partial charge >= 0.3 is 0 Å². The number of nitrogens with zero attached hydrogens (tertiary/aromatic N) is 3. The molecule has 6 heteroatoms. The first kappa shape index (κ1) is 11.5. The molecule has 1 amide bonds. The Morgan fingerprint density at radius 2 is 2.25 bits per heavy atom. The Balaban J connectivity index is 1.67. The van der Waals surface area contributed by atoms with Crippen LogP contribution < -0.4 is 5.32 Å². The van der Waals surface area contributed by atoms with Crippen LogP contribution in [-0.2, 0) is 11.3 Å². The number of carbonyl (C=O) groups excluding carboxylic acids is 1. The van der Waals surface area contributed by atoms with Crippen LogP contribution in [0.2, 0.25) is 0 Å². The summed E-state index contributed by atoms with van der Waals surface area (Å²) in [4.78, 5) is 13.7. The summed E-state index contributed by atoms with van der Waals surface area (Å²) in [5.74, 6) is 0.197. The maximum absolute atomic E-state index is 11.8. The molecule has 2 rings (SSSR count). The Kier molecular flexibility index (Phi) is 4.24. The Morgan fingerprint density at radius 3 is 2.94 bits per heavy atom. The molecule has 0 aliphatic carbocycles. The van der Waals surface area contributed by atoms with Gasteiger partial charge in [-0.1, -0.05) is 4.49 Å². The first-order valence-electron chi connectivity index (χ1n) is 5.60. The zero-order chi connectivity index (χ0) is 11.2. The second kappa shape index (κ2) is 5.91. The Labute approximate surface area is 99.0 Å². The van der Waals surface area contributed by atoms with Crippen molar-refractivity contribution in [3.05, 3.63) is 11.1 Å². The highest BCUT2D eigenvalue weighted by Crippen LogP contribution is 2.08. The third-order valence-corrected chi connectivity index (χ3v) is 3.25. The van der Waals surface area contributed by atoms with Crippen molar-refractivity contribution in [2.45, 2.75) is 25.8 Å². The van der Waals surface area contributed by atoms with Gasteiger partial charge < -0.3 is 10.2 Å². The molecule has 1 saturated heterocycles. The van der Waals surface area contributed by atoms with E-state index in [9.17, 15) is 4.79 Å². The SMILES string of the molecule is O=C(CNCc1csnn1)N1CCCCC1. The van der Waals surface area contributed by atoms with Gasteiger partial charge in [-0.3, -0.25) is 4.79 Å². The van der Waals surface area contributed by atoms with Gasteiger partial charge in [0.15, 0.2) is 0 Å². The molecule has 0 radical (unpaired) electrons. The Bertz CT molecular complexity index is 322. The molecule has 1 N–H and O–H groups in total. The third kappa shape index (κ3) is 3.24. The first-order valence-corrected chi connectivity index (χ1v) is 6.44. The number of hydrogen-bond donors (Lipinski definition) is 1. The molecule has 0 bridgehead atoms. The molecule has 16 heavy (non-hydrogen) atoms. The fourth-order valence-corrected chi connectivity index (χ4v) is 2.26. The molecule has 1 fully saturated rings. The Hall–Kier alpha value is -1.01. The molecule has 0 atom stereocenters. The van der Waals surface area contributed by atoms with Gasteiger partial charge in [0.2, 0.25) is 5.91 Å². The van der Waals surface area contributed by atoms with Crippen LogP contribution in [0.3, 0.4) is 0 Å². The van der Waals surface area contributed by atoms with Crippen molar-refractivity contribution in [3.8, 4) is 0 Å². The molecule has 1 aliphatic heterocycles. The van der Waals surface area contributed by atoms with Gasteiger partial charge in [0.05, 0.1) is 12.2 Å². The van der Waals surface area contributed by atoms with Crippen LogP contribution in [0.15, 0.2) is 5.38 Å². The highest BCUT2D eigenvalue weighted by atomic mass is 32.1. The summed E-state index contributed by atoms with van der Waals surface area (Å²) < 4.78 is 3.77. The number of likely N-dealkylation sites (tertiary alicyclic amines) is 1. The summed E-state index contributed by atoms with van der Waals surface area (Å²) >= 11 is 1.33. The molecule has 0 aromatic carbocycles. The van der Waals surface area contributed by atoms with Crippen molar-refractivity contribution in [3.63, 3.8) is 0 Å². The van der Waals surface area contributed by atoms with Crippen LogP contribution in [0.4, 0.5) is 0 Å². The third-order valence-electron chi connectivity index (χ3n) is 2.70. The lowest BCUT2D eigenvalue weighted by Gasteiger charge is -2.26. The number of nitrogens with one attached hydrogen (secondary N) is 1. The second-order valence-corrected chi connectivity index (χ2v) is 4.55. The number of rotatable bonds is 4. The van der Waals surface area contributed by atoms with Gasteiger partial charge in [0, 0.05) is 25.0 Å². The fourth-order valence-electron chi connectivity index (χ4n) is 1.81. The van der Waals surface area contributed by atoms with E-state index in [0.29, 0.717) is 13.1 Å². The van der Waals surface area contributed by atoms with Crippen LogP contribution >= 0.6 is 11.5 Å². The van der Waals surface area contributed by atoms with Crippen molar-refractivity contribution in [2.75, 3.05) is 19.6 Å². The van der Waals surface area contributed by atoms with Crippen molar-refractivity contribution in [1.29, 1.82) is 0 Å². The van der Waals surface area contributed by atoms with E-state index in [1.165, 1.54) is 18.0 Å². The van der Waals surface area contributed by atoms with Crippen molar-refractivity contribution in [1.82, 2.24) is 19.8 Å². The predicted molar refractivity (Wildman–Crippen MR) is 62.0 cm³/mol. The van der Waals surface area contributed by atoms with Gasteiger partial charge in [0.25, 0.3) is 0 Å². The Morgan fingerprint density at radius 1 is 1.44 bits per heavy atom. The van der Waals surface area contributed by atoms with Gasteiger partial charge in [-0.25, -0.2) is 0 Å². The lowest BCUT2D eigenvalue weighted by Crippen LogP contribution is -2.40. The van der Waals surface area contributed by atoms with E-state index in [-0.39, 0.29) is 5.91 Å². The quantitative estimate of drug-likeness (QED) is 0.839. The van der Waals surface area contributed by atoms with Crippen molar-refractivity contribution in [2.24, 2.45) is 0 Å². The molecule has 0 unspecified atom stereocenters. The minimum absolute atomic E-state index is 0.197. The van der Waals surface area contributed by atoms with E-state index in [4.69, 9.17) is 0 Å². The number of aromatic nitrogens is 2. The van der Waals surface area contributed by atoms with E-state index in [1.807, 2.05) is 10.3 Å². The van der Waals surface area contributed by atoms with E-state index >= 15 is 0 Å². The number of amides is 1. The number of carbonyl (C=O) groups is 1. The van der Waals surface area contributed by atoms with E-state index in [2.05, 4.69) is 14.9 Å². The van der Waals surface area contributed by atoms with Gasteiger partial charge in [-0.2, -0.15) is 0 Å². The molecular formula is C10H16N4OS. The van der Waals surface area contributed by atoms with Crippen LogP contribution in [-0.4, -0.2) is 40.0 Å². The highest BCUT2D eigenvalue weighted by molar-refractivity contribution is 7.03. The minimum Gasteiger partial charge on any atom is -0.342 e. The summed E-state index contributed by atoms with van der Waals surface area (Å²) in [6, 6.07) is 0. The summed E-state index contributed by atoms with van der Waals surface area (Å²) in [7, 11) is 0. The zero-order valence-electron chi connectivity index (χ0n) is 9.19. The summed E-state index contributed by atoms with van der Waals surface area (Å²) in [6.07, 6.45) is 3.53. The first-order chi connectivity index (χ1) is 7.86. The molecule has 2 heterocycles. The molecule has 1 aromatic rings. The van der Waals surface area contributed by atoms with Gasteiger partial charge in [0.1, 0.15) is 0 Å².